The maximum absolute atomic E-state index is 12.1. The van der Waals surface area contributed by atoms with E-state index in [2.05, 4.69) is 0 Å². The van der Waals surface area contributed by atoms with Gasteiger partial charge in [-0.05, 0) is 12.3 Å². The van der Waals surface area contributed by atoms with Gasteiger partial charge in [-0.3, -0.25) is 4.90 Å². The molecule has 0 unspecified atom stereocenters. The van der Waals surface area contributed by atoms with E-state index in [0.717, 1.165) is 0 Å². The van der Waals surface area contributed by atoms with E-state index in [4.69, 9.17) is 10.2 Å². The Hall–Kier alpha value is 0.110. The largest absolute Gasteiger partial charge is 0.395 e. The van der Waals surface area contributed by atoms with Crippen molar-refractivity contribution in [3.63, 3.8) is 0 Å². The van der Waals surface area contributed by atoms with Crippen LogP contribution < -0.4 is 0 Å². The zero-order valence-corrected chi connectivity index (χ0v) is 10.0. The lowest BCUT2D eigenvalue weighted by Gasteiger charge is -2.25. The molecule has 0 heterocycles. The molecule has 0 atom stereocenters. The van der Waals surface area contributed by atoms with Crippen LogP contribution in [-0.4, -0.2) is 60.0 Å². The second kappa shape index (κ2) is 7.41. The molecule has 0 aromatic heterocycles. The molecule has 0 radical (unpaired) electrons. The SMILES string of the molecule is CCP(=O)(CC)CN(CCO)CCO. The highest BCUT2D eigenvalue weighted by Crippen LogP contribution is 2.44. The first-order chi connectivity index (χ1) is 6.61. The second-order valence-corrected chi connectivity index (χ2v) is 7.06. The predicted octanol–water partition coefficient (Wildman–Crippen LogP) is 0.633. The summed E-state index contributed by atoms with van der Waals surface area (Å²) in [4.78, 5) is 1.87. The molecule has 0 amide bonds. The summed E-state index contributed by atoms with van der Waals surface area (Å²) in [5.41, 5.74) is 0. The Morgan fingerprint density at radius 2 is 1.50 bits per heavy atom. The molecule has 0 rings (SSSR count). The van der Waals surface area contributed by atoms with Crippen molar-refractivity contribution in [1.29, 1.82) is 0 Å². The third kappa shape index (κ3) is 5.11. The van der Waals surface area contributed by atoms with Crippen molar-refractivity contribution in [3.8, 4) is 0 Å². The Labute approximate surface area is 86.3 Å². The van der Waals surface area contributed by atoms with Crippen molar-refractivity contribution < 1.29 is 14.8 Å². The summed E-state index contributed by atoms with van der Waals surface area (Å²) in [6, 6.07) is 0. The van der Waals surface area contributed by atoms with Gasteiger partial charge in [-0.1, -0.05) is 13.8 Å². The van der Waals surface area contributed by atoms with E-state index in [1.807, 2.05) is 18.7 Å². The van der Waals surface area contributed by atoms with Gasteiger partial charge in [0.05, 0.1) is 19.5 Å². The number of rotatable bonds is 8. The van der Waals surface area contributed by atoms with Gasteiger partial charge >= 0.3 is 0 Å². The Balaban J connectivity index is 4.18. The van der Waals surface area contributed by atoms with E-state index in [0.29, 0.717) is 31.7 Å². The molecule has 0 saturated carbocycles. The van der Waals surface area contributed by atoms with E-state index in [1.54, 1.807) is 0 Å². The van der Waals surface area contributed by atoms with E-state index >= 15 is 0 Å². The molecule has 86 valence electrons. The Bertz CT molecular complexity index is 173. The van der Waals surface area contributed by atoms with Crippen molar-refractivity contribution in [1.82, 2.24) is 4.90 Å². The van der Waals surface area contributed by atoms with E-state index < -0.39 is 7.14 Å². The number of nitrogens with zero attached hydrogens (tertiary/aromatic N) is 1. The van der Waals surface area contributed by atoms with Crippen molar-refractivity contribution >= 4 is 7.14 Å². The highest BCUT2D eigenvalue weighted by molar-refractivity contribution is 7.63. The maximum atomic E-state index is 12.1. The van der Waals surface area contributed by atoms with Crippen LogP contribution in [-0.2, 0) is 4.57 Å². The van der Waals surface area contributed by atoms with Crippen LogP contribution in [0.5, 0.6) is 0 Å². The number of aliphatic hydroxyl groups excluding tert-OH is 2. The fourth-order valence-electron chi connectivity index (χ4n) is 1.32. The topological polar surface area (TPSA) is 60.8 Å². The zero-order valence-electron chi connectivity index (χ0n) is 9.15. The lowest BCUT2D eigenvalue weighted by Crippen LogP contribution is -2.31. The van der Waals surface area contributed by atoms with E-state index in [1.165, 1.54) is 0 Å². The standard InChI is InChI=1S/C9H22NO3P/c1-3-14(13,4-2)9-10(5-7-11)6-8-12/h11-12H,3-9H2,1-2H3. The van der Waals surface area contributed by atoms with Gasteiger partial charge in [-0.15, -0.1) is 0 Å². The third-order valence-corrected chi connectivity index (χ3v) is 5.66. The second-order valence-electron chi connectivity index (χ2n) is 3.40. The highest BCUT2D eigenvalue weighted by Gasteiger charge is 2.20. The summed E-state index contributed by atoms with van der Waals surface area (Å²) < 4.78 is 12.1. The monoisotopic (exact) mass is 223 g/mol. The van der Waals surface area contributed by atoms with Gasteiger partial charge in [0.1, 0.15) is 7.14 Å². The molecule has 0 bridgehead atoms. The highest BCUT2D eigenvalue weighted by atomic mass is 31.2. The van der Waals surface area contributed by atoms with Crippen LogP contribution in [0.2, 0.25) is 0 Å². The minimum atomic E-state index is -2.09. The van der Waals surface area contributed by atoms with Crippen molar-refractivity contribution in [2.24, 2.45) is 0 Å². The van der Waals surface area contributed by atoms with Gasteiger partial charge in [0.15, 0.2) is 0 Å². The summed E-state index contributed by atoms with van der Waals surface area (Å²) in [7, 11) is -2.09. The molecule has 4 nitrogen and oxygen atoms in total. The number of hydrogen-bond acceptors (Lipinski definition) is 4. The van der Waals surface area contributed by atoms with Crippen molar-refractivity contribution in [2.45, 2.75) is 13.8 Å². The predicted molar refractivity (Wildman–Crippen MR) is 59.3 cm³/mol. The molecular weight excluding hydrogens is 201 g/mol. The molecule has 2 N–H and O–H groups in total. The Morgan fingerprint density at radius 3 is 1.79 bits per heavy atom. The molecule has 0 aliphatic rings. The quantitative estimate of drug-likeness (QED) is 0.593. The van der Waals surface area contributed by atoms with Gasteiger partial charge in [0, 0.05) is 13.1 Å². The van der Waals surface area contributed by atoms with Gasteiger partial charge in [0.2, 0.25) is 0 Å². The van der Waals surface area contributed by atoms with Gasteiger partial charge in [-0.25, -0.2) is 0 Å². The van der Waals surface area contributed by atoms with Gasteiger partial charge in [-0.2, -0.15) is 0 Å². The first kappa shape index (κ1) is 14.1. The minimum Gasteiger partial charge on any atom is -0.395 e. The van der Waals surface area contributed by atoms with Crippen molar-refractivity contribution in [2.75, 3.05) is 44.9 Å². The molecule has 0 saturated heterocycles. The maximum Gasteiger partial charge on any atom is 0.100 e. The lowest BCUT2D eigenvalue weighted by atomic mass is 10.5. The first-order valence-electron chi connectivity index (χ1n) is 5.13. The molecule has 0 aliphatic carbocycles. The van der Waals surface area contributed by atoms with Crippen LogP contribution in [0.1, 0.15) is 13.8 Å². The summed E-state index contributed by atoms with van der Waals surface area (Å²) in [6.45, 7) is 4.94. The average Bonchev–Trinajstić information content (AvgIpc) is 2.18. The summed E-state index contributed by atoms with van der Waals surface area (Å²) in [5.74, 6) is 0. The first-order valence-corrected chi connectivity index (χ1v) is 7.39. The van der Waals surface area contributed by atoms with Crippen LogP contribution >= 0.6 is 7.14 Å². The third-order valence-electron chi connectivity index (χ3n) is 2.44. The molecule has 0 fully saturated rings. The number of hydrogen-bond donors (Lipinski definition) is 2. The minimum absolute atomic E-state index is 0.0490. The van der Waals surface area contributed by atoms with Crippen LogP contribution in [0.25, 0.3) is 0 Å². The fraction of sp³-hybridized carbons (Fsp3) is 1.00. The Morgan fingerprint density at radius 1 is 1.07 bits per heavy atom. The molecule has 0 aromatic carbocycles. The average molecular weight is 223 g/mol. The van der Waals surface area contributed by atoms with Gasteiger partial charge in [0.25, 0.3) is 0 Å². The summed E-state index contributed by atoms with van der Waals surface area (Å²) in [5, 5.41) is 17.6. The molecule has 0 aliphatic heterocycles. The molecular formula is C9H22NO3P. The van der Waals surface area contributed by atoms with Crippen LogP contribution in [0.4, 0.5) is 0 Å². The van der Waals surface area contributed by atoms with Crippen LogP contribution in [0, 0.1) is 0 Å². The molecule has 0 aromatic rings. The van der Waals surface area contributed by atoms with Crippen LogP contribution in [0.15, 0.2) is 0 Å². The smallest absolute Gasteiger partial charge is 0.100 e. The van der Waals surface area contributed by atoms with Crippen molar-refractivity contribution in [3.05, 3.63) is 0 Å². The normalized spacial score (nSPS) is 12.4. The number of aliphatic hydroxyl groups is 2. The molecule has 14 heavy (non-hydrogen) atoms. The van der Waals surface area contributed by atoms with Gasteiger partial charge < -0.3 is 14.8 Å². The fourth-order valence-corrected chi connectivity index (χ4v) is 3.18. The van der Waals surface area contributed by atoms with Crippen LogP contribution in [0.3, 0.4) is 0 Å². The summed E-state index contributed by atoms with van der Waals surface area (Å²) >= 11 is 0. The Kier molecular flexibility index (Phi) is 7.47. The molecule has 0 spiro atoms. The lowest BCUT2D eigenvalue weighted by molar-refractivity contribution is 0.177. The summed E-state index contributed by atoms with van der Waals surface area (Å²) in [6.07, 6.45) is 1.90. The molecule has 5 heteroatoms. The zero-order chi connectivity index (χ0) is 11.0. The van der Waals surface area contributed by atoms with E-state index in [9.17, 15) is 4.57 Å². The van der Waals surface area contributed by atoms with E-state index in [-0.39, 0.29) is 13.2 Å².